The van der Waals surface area contributed by atoms with E-state index in [1.807, 2.05) is 19.1 Å². The number of rotatable bonds is 1. The molecule has 0 spiro atoms. The van der Waals surface area contributed by atoms with E-state index in [1.165, 1.54) is 0 Å². The highest BCUT2D eigenvalue weighted by molar-refractivity contribution is 14.1. The maximum atomic E-state index is 5.96. The van der Waals surface area contributed by atoms with Gasteiger partial charge in [0.15, 0.2) is 3.01 Å². The standard InChI is InChI=1S/C9H6ClIN2S/c1-5-2-6(4-7(10)3-5)8-12-13-9(11)14-8/h2-4H,1H3. The summed E-state index contributed by atoms with van der Waals surface area (Å²) in [5.41, 5.74) is 2.17. The normalized spacial score (nSPS) is 10.5. The molecule has 0 saturated carbocycles. The monoisotopic (exact) mass is 336 g/mol. The molecule has 0 aliphatic rings. The first kappa shape index (κ1) is 10.3. The lowest BCUT2D eigenvalue weighted by atomic mass is 10.1. The van der Waals surface area contributed by atoms with Crippen molar-refractivity contribution in [2.75, 3.05) is 0 Å². The Morgan fingerprint density at radius 2 is 2.07 bits per heavy atom. The van der Waals surface area contributed by atoms with Gasteiger partial charge < -0.3 is 0 Å². The number of halogens is 2. The molecule has 0 saturated heterocycles. The Morgan fingerprint density at radius 1 is 1.29 bits per heavy atom. The summed E-state index contributed by atoms with van der Waals surface area (Å²) in [4.78, 5) is 0. The molecule has 0 radical (unpaired) electrons. The van der Waals surface area contributed by atoms with Crippen LogP contribution in [0.15, 0.2) is 18.2 Å². The van der Waals surface area contributed by atoms with Crippen molar-refractivity contribution >= 4 is 45.5 Å². The average molecular weight is 337 g/mol. The van der Waals surface area contributed by atoms with Gasteiger partial charge in [0.1, 0.15) is 5.01 Å². The zero-order valence-electron chi connectivity index (χ0n) is 7.29. The van der Waals surface area contributed by atoms with Crippen LogP contribution in [0.2, 0.25) is 5.02 Å². The first-order valence-corrected chi connectivity index (χ1v) is 6.19. The minimum Gasteiger partial charge on any atom is -0.137 e. The third-order valence-corrected chi connectivity index (χ3v) is 3.54. The van der Waals surface area contributed by atoms with Crippen LogP contribution < -0.4 is 0 Å². The van der Waals surface area contributed by atoms with Crippen molar-refractivity contribution in [2.45, 2.75) is 6.92 Å². The van der Waals surface area contributed by atoms with Crippen molar-refractivity contribution in [3.63, 3.8) is 0 Å². The molecule has 0 atom stereocenters. The van der Waals surface area contributed by atoms with E-state index in [-0.39, 0.29) is 0 Å². The number of hydrogen-bond donors (Lipinski definition) is 0. The van der Waals surface area contributed by atoms with Gasteiger partial charge in [-0.05, 0) is 53.3 Å². The van der Waals surface area contributed by atoms with Crippen LogP contribution in [0.5, 0.6) is 0 Å². The van der Waals surface area contributed by atoms with E-state index in [1.54, 1.807) is 11.3 Å². The minimum absolute atomic E-state index is 0.741. The van der Waals surface area contributed by atoms with E-state index < -0.39 is 0 Å². The van der Waals surface area contributed by atoms with Crippen LogP contribution in [-0.2, 0) is 0 Å². The second kappa shape index (κ2) is 4.12. The average Bonchev–Trinajstić information content (AvgIpc) is 2.50. The van der Waals surface area contributed by atoms with Gasteiger partial charge in [0, 0.05) is 10.6 Å². The lowest BCUT2D eigenvalue weighted by Crippen LogP contribution is -1.79. The molecule has 0 fully saturated rings. The van der Waals surface area contributed by atoms with Gasteiger partial charge in [-0.3, -0.25) is 0 Å². The predicted octanol–water partition coefficient (Wildman–Crippen LogP) is 3.77. The molecule has 2 nitrogen and oxygen atoms in total. The van der Waals surface area contributed by atoms with Gasteiger partial charge in [-0.15, -0.1) is 10.2 Å². The third-order valence-electron chi connectivity index (χ3n) is 1.69. The Labute approximate surface area is 104 Å². The highest BCUT2D eigenvalue weighted by atomic mass is 127. The Bertz CT molecular complexity index is 449. The van der Waals surface area contributed by atoms with Crippen molar-refractivity contribution in [3.8, 4) is 10.6 Å². The molecule has 14 heavy (non-hydrogen) atoms. The number of aromatic nitrogens is 2. The molecule has 0 bridgehead atoms. The van der Waals surface area contributed by atoms with E-state index in [2.05, 4.69) is 38.9 Å². The summed E-state index contributed by atoms with van der Waals surface area (Å²) < 4.78 is 0.940. The van der Waals surface area contributed by atoms with E-state index in [0.717, 1.165) is 24.2 Å². The summed E-state index contributed by atoms with van der Waals surface area (Å²) in [5.74, 6) is 0. The quantitative estimate of drug-likeness (QED) is 0.741. The van der Waals surface area contributed by atoms with Crippen LogP contribution in [0.25, 0.3) is 10.6 Å². The first-order valence-electron chi connectivity index (χ1n) is 3.92. The largest absolute Gasteiger partial charge is 0.178 e. The molecule has 72 valence electrons. The van der Waals surface area contributed by atoms with Crippen LogP contribution in [0.1, 0.15) is 5.56 Å². The zero-order chi connectivity index (χ0) is 10.1. The Morgan fingerprint density at radius 3 is 2.64 bits per heavy atom. The molecule has 1 aromatic carbocycles. The third kappa shape index (κ3) is 2.24. The summed E-state index contributed by atoms with van der Waals surface area (Å²) in [7, 11) is 0. The van der Waals surface area contributed by atoms with E-state index in [9.17, 15) is 0 Å². The number of benzene rings is 1. The van der Waals surface area contributed by atoms with Gasteiger partial charge in [0.25, 0.3) is 0 Å². The van der Waals surface area contributed by atoms with E-state index in [4.69, 9.17) is 11.6 Å². The van der Waals surface area contributed by atoms with Gasteiger partial charge in [0.2, 0.25) is 0 Å². The fraction of sp³-hybridized carbons (Fsp3) is 0.111. The van der Waals surface area contributed by atoms with Crippen LogP contribution in [0.3, 0.4) is 0 Å². The second-order valence-corrected chi connectivity index (χ2v) is 6.05. The van der Waals surface area contributed by atoms with Crippen LogP contribution in [0.4, 0.5) is 0 Å². The number of aryl methyl sites for hydroxylation is 1. The molecule has 1 heterocycles. The fourth-order valence-corrected chi connectivity index (χ4v) is 2.76. The van der Waals surface area contributed by atoms with Crippen LogP contribution >= 0.6 is 45.5 Å². The van der Waals surface area contributed by atoms with Crippen molar-refractivity contribution in [3.05, 3.63) is 31.8 Å². The van der Waals surface area contributed by atoms with Crippen molar-refractivity contribution in [2.24, 2.45) is 0 Å². The van der Waals surface area contributed by atoms with Gasteiger partial charge in [-0.25, -0.2) is 0 Å². The number of hydrogen-bond acceptors (Lipinski definition) is 3. The topological polar surface area (TPSA) is 25.8 Å². The fourth-order valence-electron chi connectivity index (χ4n) is 1.18. The first-order chi connectivity index (χ1) is 6.65. The van der Waals surface area contributed by atoms with Gasteiger partial charge in [-0.2, -0.15) is 0 Å². The Hall–Kier alpha value is -0.200. The highest BCUT2D eigenvalue weighted by Crippen LogP contribution is 2.27. The highest BCUT2D eigenvalue weighted by Gasteiger charge is 2.05. The van der Waals surface area contributed by atoms with Gasteiger partial charge in [-0.1, -0.05) is 22.9 Å². The SMILES string of the molecule is Cc1cc(Cl)cc(-c2nnc(I)s2)c1. The molecule has 0 N–H and O–H groups in total. The Kier molecular flexibility index (Phi) is 3.04. The maximum Gasteiger partial charge on any atom is 0.178 e. The maximum absolute atomic E-state index is 5.96. The molecular weight excluding hydrogens is 331 g/mol. The van der Waals surface area contributed by atoms with Gasteiger partial charge in [0.05, 0.1) is 0 Å². The Balaban J connectivity index is 2.51. The molecule has 5 heteroatoms. The van der Waals surface area contributed by atoms with E-state index >= 15 is 0 Å². The summed E-state index contributed by atoms with van der Waals surface area (Å²) in [6.45, 7) is 2.02. The molecule has 0 aliphatic heterocycles. The summed E-state index contributed by atoms with van der Waals surface area (Å²) >= 11 is 9.68. The molecule has 0 amide bonds. The molecule has 0 aliphatic carbocycles. The van der Waals surface area contributed by atoms with Crippen molar-refractivity contribution < 1.29 is 0 Å². The molecule has 2 aromatic rings. The van der Waals surface area contributed by atoms with Crippen LogP contribution in [0, 0.1) is 9.94 Å². The van der Waals surface area contributed by atoms with E-state index in [0.29, 0.717) is 0 Å². The lowest BCUT2D eigenvalue weighted by Gasteiger charge is -1.98. The summed E-state index contributed by atoms with van der Waals surface area (Å²) in [5, 5.41) is 9.69. The lowest BCUT2D eigenvalue weighted by molar-refractivity contribution is 1.07. The molecule has 0 unspecified atom stereocenters. The molecule has 2 rings (SSSR count). The number of nitrogens with zero attached hydrogens (tertiary/aromatic N) is 2. The molecule has 1 aromatic heterocycles. The van der Waals surface area contributed by atoms with Crippen molar-refractivity contribution in [1.29, 1.82) is 0 Å². The predicted molar refractivity (Wildman–Crippen MR) is 67.8 cm³/mol. The van der Waals surface area contributed by atoms with Gasteiger partial charge >= 0.3 is 0 Å². The smallest absolute Gasteiger partial charge is 0.137 e. The summed E-state index contributed by atoms with van der Waals surface area (Å²) in [6, 6.07) is 5.89. The van der Waals surface area contributed by atoms with Crippen LogP contribution in [-0.4, -0.2) is 10.2 Å². The summed E-state index contributed by atoms with van der Waals surface area (Å²) in [6.07, 6.45) is 0. The minimum atomic E-state index is 0.741. The second-order valence-electron chi connectivity index (χ2n) is 2.88. The molecular formula is C9H6ClIN2S. The zero-order valence-corrected chi connectivity index (χ0v) is 11.0. The van der Waals surface area contributed by atoms with Crippen molar-refractivity contribution in [1.82, 2.24) is 10.2 Å².